The normalized spacial score (nSPS) is 16.9. The predicted molar refractivity (Wildman–Crippen MR) is 95.2 cm³/mol. The van der Waals surface area contributed by atoms with Gasteiger partial charge in [-0.25, -0.2) is 4.90 Å². The molecule has 1 fully saturated rings. The molecule has 2 aromatic rings. The second-order valence-electron chi connectivity index (χ2n) is 5.87. The number of aryl methyl sites for hydroxylation is 1. The van der Waals surface area contributed by atoms with Crippen molar-refractivity contribution in [2.75, 3.05) is 24.4 Å². The first-order valence-corrected chi connectivity index (χ1v) is 7.95. The molecule has 1 N–H and O–H groups in total. The number of nitrogens with one attached hydrogen (secondary N) is 1. The van der Waals surface area contributed by atoms with Crippen molar-refractivity contribution in [3.8, 4) is 11.5 Å². The van der Waals surface area contributed by atoms with E-state index in [0.717, 1.165) is 11.3 Å². The highest BCUT2D eigenvalue weighted by Crippen LogP contribution is 2.34. The smallest absolute Gasteiger partial charge is 0.256 e. The van der Waals surface area contributed by atoms with E-state index in [1.165, 1.54) is 19.1 Å². The Morgan fingerprint density at radius 2 is 1.68 bits per heavy atom. The Hall–Kier alpha value is -3.02. The maximum absolute atomic E-state index is 12.7. The Labute approximate surface area is 146 Å². The molecule has 130 valence electrons. The Morgan fingerprint density at radius 3 is 2.32 bits per heavy atom. The van der Waals surface area contributed by atoms with Crippen LogP contribution in [0.5, 0.6) is 11.5 Å². The average molecular weight is 340 g/mol. The molecule has 6 nitrogen and oxygen atoms in total. The van der Waals surface area contributed by atoms with Gasteiger partial charge in [-0.2, -0.15) is 0 Å². The molecule has 3 rings (SSSR count). The molecule has 0 radical (unpaired) electrons. The van der Waals surface area contributed by atoms with Crippen LogP contribution in [0.25, 0.3) is 0 Å². The highest BCUT2D eigenvalue weighted by atomic mass is 16.5. The van der Waals surface area contributed by atoms with Crippen molar-refractivity contribution in [1.29, 1.82) is 0 Å². The van der Waals surface area contributed by atoms with Gasteiger partial charge in [0.25, 0.3) is 5.91 Å². The number of carbonyl (C=O) groups is 2. The van der Waals surface area contributed by atoms with Crippen molar-refractivity contribution >= 4 is 23.2 Å². The van der Waals surface area contributed by atoms with Crippen LogP contribution in [0.2, 0.25) is 0 Å². The number of benzene rings is 2. The van der Waals surface area contributed by atoms with E-state index < -0.39 is 6.04 Å². The van der Waals surface area contributed by atoms with E-state index in [1.54, 1.807) is 18.2 Å². The van der Waals surface area contributed by atoms with E-state index >= 15 is 0 Å². The van der Waals surface area contributed by atoms with Crippen LogP contribution in [0.3, 0.4) is 0 Å². The van der Waals surface area contributed by atoms with Crippen LogP contribution < -0.4 is 19.7 Å². The first-order valence-electron chi connectivity index (χ1n) is 7.95. The molecule has 1 heterocycles. The average Bonchev–Trinajstić information content (AvgIpc) is 2.90. The number of hydrogen-bond acceptors (Lipinski definition) is 5. The third-order valence-electron chi connectivity index (χ3n) is 4.16. The number of nitrogens with zero attached hydrogens (tertiary/aromatic N) is 1. The molecule has 0 spiro atoms. The summed E-state index contributed by atoms with van der Waals surface area (Å²) in [4.78, 5) is 26.3. The van der Waals surface area contributed by atoms with Crippen LogP contribution in [0.1, 0.15) is 12.0 Å². The third-order valence-corrected chi connectivity index (χ3v) is 4.16. The van der Waals surface area contributed by atoms with Gasteiger partial charge < -0.3 is 14.8 Å². The summed E-state index contributed by atoms with van der Waals surface area (Å²) in [6.07, 6.45) is 0.112. The van der Waals surface area contributed by atoms with E-state index in [0.29, 0.717) is 17.2 Å². The number of ether oxygens (including phenoxy) is 2. The monoisotopic (exact) mass is 340 g/mol. The van der Waals surface area contributed by atoms with Gasteiger partial charge in [-0.15, -0.1) is 0 Å². The first-order chi connectivity index (χ1) is 12.0. The first kappa shape index (κ1) is 16.8. The zero-order chi connectivity index (χ0) is 18.0. The lowest BCUT2D eigenvalue weighted by Gasteiger charge is -2.18. The van der Waals surface area contributed by atoms with E-state index in [9.17, 15) is 9.59 Å². The van der Waals surface area contributed by atoms with Crippen molar-refractivity contribution in [3.05, 3.63) is 48.0 Å². The number of imide groups is 1. The predicted octanol–water partition coefficient (Wildman–Crippen LogP) is 2.76. The van der Waals surface area contributed by atoms with Gasteiger partial charge >= 0.3 is 0 Å². The minimum absolute atomic E-state index is 0.112. The van der Waals surface area contributed by atoms with E-state index in [4.69, 9.17) is 9.47 Å². The number of rotatable bonds is 5. The Morgan fingerprint density at radius 1 is 1.00 bits per heavy atom. The minimum atomic E-state index is -0.580. The number of amides is 2. The Bertz CT molecular complexity index is 802. The third kappa shape index (κ3) is 3.28. The van der Waals surface area contributed by atoms with Crippen LogP contribution in [0.15, 0.2) is 42.5 Å². The Kier molecular flexibility index (Phi) is 4.61. The lowest BCUT2D eigenvalue weighted by molar-refractivity contribution is -0.121. The number of anilines is 2. The second-order valence-corrected chi connectivity index (χ2v) is 5.87. The van der Waals surface area contributed by atoms with Crippen molar-refractivity contribution in [2.45, 2.75) is 19.4 Å². The summed E-state index contributed by atoms with van der Waals surface area (Å²) < 4.78 is 10.4. The fourth-order valence-electron chi connectivity index (χ4n) is 2.83. The maximum atomic E-state index is 12.7. The fourth-order valence-corrected chi connectivity index (χ4v) is 2.83. The summed E-state index contributed by atoms with van der Waals surface area (Å²) in [5.41, 5.74) is 2.41. The molecule has 1 atom stereocenters. The molecule has 2 amide bonds. The molecule has 1 saturated heterocycles. The van der Waals surface area contributed by atoms with Gasteiger partial charge in [0.05, 0.1) is 26.3 Å². The van der Waals surface area contributed by atoms with Crippen LogP contribution in [0, 0.1) is 6.92 Å². The topological polar surface area (TPSA) is 67.9 Å². The van der Waals surface area contributed by atoms with Crippen LogP contribution in [0.4, 0.5) is 11.4 Å². The number of hydrogen-bond donors (Lipinski definition) is 1. The molecule has 25 heavy (non-hydrogen) atoms. The van der Waals surface area contributed by atoms with Crippen molar-refractivity contribution in [2.24, 2.45) is 0 Å². The van der Waals surface area contributed by atoms with Gasteiger partial charge in [0.1, 0.15) is 6.04 Å². The van der Waals surface area contributed by atoms with Gasteiger partial charge in [-0.3, -0.25) is 9.59 Å². The van der Waals surface area contributed by atoms with Crippen LogP contribution in [-0.4, -0.2) is 32.1 Å². The lowest BCUT2D eigenvalue weighted by atomic mass is 10.2. The summed E-state index contributed by atoms with van der Waals surface area (Å²) in [6.45, 7) is 1.99. The van der Waals surface area contributed by atoms with Gasteiger partial charge in [-0.05, 0) is 31.2 Å². The molecular formula is C19H20N2O4. The molecular weight excluding hydrogens is 320 g/mol. The van der Waals surface area contributed by atoms with Gasteiger partial charge in [-0.1, -0.05) is 17.7 Å². The summed E-state index contributed by atoms with van der Waals surface area (Å²) in [7, 11) is 3.04. The molecule has 0 bridgehead atoms. The summed E-state index contributed by atoms with van der Waals surface area (Å²) in [5.74, 6) is 0.481. The van der Waals surface area contributed by atoms with Crippen molar-refractivity contribution in [3.63, 3.8) is 0 Å². The van der Waals surface area contributed by atoms with Crippen LogP contribution >= 0.6 is 0 Å². The summed E-state index contributed by atoms with van der Waals surface area (Å²) in [6, 6.07) is 12.1. The quantitative estimate of drug-likeness (QED) is 0.848. The number of carbonyl (C=O) groups excluding carboxylic acids is 2. The molecule has 0 aliphatic carbocycles. The highest BCUT2D eigenvalue weighted by molar-refractivity contribution is 6.23. The molecule has 0 saturated carbocycles. The zero-order valence-electron chi connectivity index (χ0n) is 14.4. The molecule has 0 aromatic heterocycles. The molecule has 1 aliphatic heterocycles. The van der Waals surface area contributed by atoms with Crippen molar-refractivity contribution in [1.82, 2.24) is 0 Å². The summed E-state index contributed by atoms with van der Waals surface area (Å²) >= 11 is 0. The van der Waals surface area contributed by atoms with Gasteiger partial charge in [0, 0.05) is 11.8 Å². The fraction of sp³-hybridized carbons (Fsp3) is 0.263. The molecule has 1 aliphatic rings. The lowest BCUT2D eigenvalue weighted by Crippen LogP contribution is -2.34. The molecule has 2 aromatic carbocycles. The molecule has 6 heteroatoms. The molecule has 0 unspecified atom stereocenters. The van der Waals surface area contributed by atoms with Crippen LogP contribution in [-0.2, 0) is 9.59 Å². The minimum Gasteiger partial charge on any atom is -0.493 e. The SMILES string of the molecule is COc1ccc(N2C(=O)C[C@@H](Nc3ccc(C)cc3)C2=O)cc1OC. The highest BCUT2D eigenvalue weighted by Gasteiger charge is 2.39. The van der Waals surface area contributed by atoms with Gasteiger partial charge in [0.2, 0.25) is 5.91 Å². The largest absolute Gasteiger partial charge is 0.493 e. The second kappa shape index (κ2) is 6.84. The van der Waals surface area contributed by atoms with E-state index in [2.05, 4.69) is 5.32 Å². The van der Waals surface area contributed by atoms with E-state index in [-0.39, 0.29) is 18.2 Å². The Balaban J connectivity index is 1.82. The zero-order valence-corrected chi connectivity index (χ0v) is 14.4. The maximum Gasteiger partial charge on any atom is 0.256 e. The standard InChI is InChI=1S/C19H20N2O4/c1-12-4-6-13(7-5-12)20-15-11-18(22)21(19(15)23)14-8-9-16(24-2)17(10-14)25-3/h4-10,15,20H,11H2,1-3H3/t15-/m1/s1. The van der Waals surface area contributed by atoms with Crippen molar-refractivity contribution < 1.29 is 19.1 Å². The summed E-state index contributed by atoms with van der Waals surface area (Å²) in [5, 5.41) is 3.13. The number of methoxy groups -OCH3 is 2. The van der Waals surface area contributed by atoms with E-state index in [1.807, 2.05) is 31.2 Å². The van der Waals surface area contributed by atoms with Gasteiger partial charge in [0.15, 0.2) is 11.5 Å².